The first kappa shape index (κ1) is 67.2. The first-order chi connectivity index (χ1) is 34.4. The summed E-state index contributed by atoms with van der Waals surface area (Å²) < 4.78 is 33.7. The zero-order chi connectivity index (χ0) is 50.8. The molecular weight excluding hydrogens is 890 g/mol. The number of rotatable bonds is 53. The van der Waals surface area contributed by atoms with E-state index in [1.165, 1.54) is 116 Å². The summed E-state index contributed by atoms with van der Waals surface area (Å²) in [5, 5.41) is 0. The van der Waals surface area contributed by atoms with Crippen molar-refractivity contribution < 1.29 is 32.8 Å². The van der Waals surface area contributed by atoms with Crippen molar-refractivity contribution in [2.24, 2.45) is 5.73 Å². The second-order valence-corrected chi connectivity index (χ2v) is 19.9. The minimum atomic E-state index is -4.30. The number of hydrogen-bond donors (Lipinski definition) is 2. The normalized spacial score (nSPS) is 14.1. The zero-order valence-electron chi connectivity index (χ0n) is 45.0. The third-order valence-corrected chi connectivity index (χ3v) is 12.7. The van der Waals surface area contributed by atoms with Crippen LogP contribution in [0, 0.1) is 0 Å². The van der Waals surface area contributed by atoms with Gasteiger partial charge in [-0.25, -0.2) is 4.57 Å². The number of ether oxygens (including phenoxy) is 2. The summed E-state index contributed by atoms with van der Waals surface area (Å²) in [6.45, 7) is 4.77. The molecule has 0 bridgehead atoms. The van der Waals surface area contributed by atoms with Gasteiger partial charge in [-0.15, -0.1) is 0 Å². The monoisotopic (exact) mass is 996 g/mol. The van der Waals surface area contributed by atoms with Crippen LogP contribution in [0.1, 0.15) is 232 Å². The van der Waals surface area contributed by atoms with E-state index >= 15 is 0 Å². The van der Waals surface area contributed by atoms with Crippen LogP contribution in [0.4, 0.5) is 0 Å². The molecule has 8 nitrogen and oxygen atoms in total. The molecule has 2 unspecified atom stereocenters. The smallest absolute Gasteiger partial charge is 0.457 e. The quantitative estimate of drug-likeness (QED) is 0.0268. The fourth-order valence-electron chi connectivity index (χ4n) is 7.54. The van der Waals surface area contributed by atoms with Gasteiger partial charge in [0.25, 0.3) is 0 Å². The Bertz CT molecular complexity index is 1440. The molecule has 0 fully saturated rings. The minimum Gasteiger partial charge on any atom is -0.457 e. The van der Waals surface area contributed by atoms with Crippen LogP contribution in [-0.2, 0) is 27.9 Å². The molecule has 2 atom stereocenters. The summed E-state index contributed by atoms with van der Waals surface area (Å²) in [6.07, 6.45) is 78.5. The molecule has 0 aromatic heterocycles. The van der Waals surface area contributed by atoms with Crippen molar-refractivity contribution in [3.63, 3.8) is 0 Å². The number of carbonyl (C=O) groups excluding carboxylic acids is 1. The maximum absolute atomic E-state index is 12.7. The van der Waals surface area contributed by atoms with Crippen molar-refractivity contribution in [1.29, 1.82) is 0 Å². The van der Waals surface area contributed by atoms with E-state index in [2.05, 4.69) is 123 Å². The van der Waals surface area contributed by atoms with Gasteiger partial charge < -0.3 is 20.1 Å². The van der Waals surface area contributed by atoms with Crippen LogP contribution in [0.3, 0.4) is 0 Å². The molecule has 3 N–H and O–H groups in total. The SMILES string of the molecule is CC/C=C\C/C=C\C/C=C\C/C=C\C/C=C\C/C=C\CCCCCCCCC(=O)OC(COCCCCCCCCCCCCC/C=C\C/C=C\C/C=C\CCCCCCC)COP(=O)(O)OCCN. The molecule has 0 saturated heterocycles. The summed E-state index contributed by atoms with van der Waals surface area (Å²) >= 11 is 0. The molecule has 0 aliphatic heterocycles. The third-order valence-electron chi connectivity index (χ3n) is 11.7. The van der Waals surface area contributed by atoms with E-state index in [-0.39, 0.29) is 32.3 Å². The fraction of sp³-hybridized carbons (Fsp3) is 0.689. The highest BCUT2D eigenvalue weighted by Gasteiger charge is 2.25. The number of carbonyl (C=O) groups is 1. The molecular formula is C61H106NO7P. The van der Waals surface area contributed by atoms with Gasteiger partial charge in [0.15, 0.2) is 0 Å². The highest BCUT2D eigenvalue weighted by Crippen LogP contribution is 2.43. The van der Waals surface area contributed by atoms with Gasteiger partial charge in [-0.2, -0.15) is 0 Å². The largest absolute Gasteiger partial charge is 0.472 e. The second kappa shape index (κ2) is 57.1. The number of unbranched alkanes of at least 4 members (excludes halogenated alkanes) is 22. The molecule has 0 heterocycles. The lowest BCUT2D eigenvalue weighted by Crippen LogP contribution is -2.28. The van der Waals surface area contributed by atoms with Crippen molar-refractivity contribution >= 4 is 13.8 Å². The van der Waals surface area contributed by atoms with E-state index in [1.807, 2.05) is 0 Å². The summed E-state index contributed by atoms with van der Waals surface area (Å²) in [7, 11) is -4.30. The molecule has 9 heteroatoms. The van der Waals surface area contributed by atoms with E-state index in [4.69, 9.17) is 24.3 Å². The molecule has 0 aliphatic rings. The highest BCUT2D eigenvalue weighted by atomic mass is 31.2. The molecule has 70 heavy (non-hydrogen) atoms. The third kappa shape index (κ3) is 56.1. The Morgan fingerprint density at radius 2 is 0.800 bits per heavy atom. The fourth-order valence-corrected chi connectivity index (χ4v) is 8.30. The first-order valence-corrected chi connectivity index (χ1v) is 29.9. The average molecular weight is 996 g/mol. The van der Waals surface area contributed by atoms with E-state index < -0.39 is 13.9 Å². The summed E-state index contributed by atoms with van der Waals surface area (Å²) in [6, 6.07) is 0. The van der Waals surface area contributed by atoms with Crippen LogP contribution >= 0.6 is 7.82 Å². The molecule has 0 rings (SSSR count). The Hall–Kier alpha value is -2.84. The molecule has 402 valence electrons. The predicted octanol–water partition coefficient (Wildman–Crippen LogP) is 18.3. The number of esters is 1. The molecule has 0 radical (unpaired) electrons. The molecule has 0 aliphatic carbocycles. The molecule has 0 saturated carbocycles. The topological polar surface area (TPSA) is 117 Å². The number of phosphoric acid groups is 1. The van der Waals surface area contributed by atoms with Crippen LogP contribution in [-0.4, -0.2) is 49.9 Å². The van der Waals surface area contributed by atoms with Crippen LogP contribution in [0.25, 0.3) is 0 Å². The van der Waals surface area contributed by atoms with Crippen molar-refractivity contribution in [1.82, 2.24) is 0 Å². The minimum absolute atomic E-state index is 0.0914. The van der Waals surface area contributed by atoms with Crippen molar-refractivity contribution in [2.75, 3.05) is 33.0 Å². The number of phosphoric ester groups is 1. The summed E-state index contributed by atoms with van der Waals surface area (Å²) in [5.74, 6) is -0.348. The predicted molar refractivity (Wildman–Crippen MR) is 302 cm³/mol. The second-order valence-electron chi connectivity index (χ2n) is 18.4. The number of hydrogen-bond acceptors (Lipinski definition) is 7. The van der Waals surface area contributed by atoms with Gasteiger partial charge in [-0.05, 0) is 103 Å². The van der Waals surface area contributed by atoms with E-state index in [0.29, 0.717) is 13.0 Å². The van der Waals surface area contributed by atoms with Gasteiger partial charge in [0.1, 0.15) is 6.10 Å². The zero-order valence-corrected chi connectivity index (χ0v) is 45.9. The van der Waals surface area contributed by atoms with Crippen molar-refractivity contribution in [3.05, 3.63) is 109 Å². The summed E-state index contributed by atoms with van der Waals surface area (Å²) in [4.78, 5) is 22.7. The molecule has 0 aromatic carbocycles. The van der Waals surface area contributed by atoms with E-state index in [0.717, 1.165) is 96.3 Å². The van der Waals surface area contributed by atoms with Gasteiger partial charge in [-0.3, -0.25) is 13.8 Å². The lowest BCUT2D eigenvalue weighted by Gasteiger charge is -2.20. The van der Waals surface area contributed by atoms with Crippen LogP contribution in [0.15, 0.2) is 109 Å². The Labute approximate surface area is 431 Å². The first-order valence-electron chi connectivity index (χ1n) is 28.4. The van der Waals surface area contributed by atoms with Crippen LogP contribution in [0.5, 0.6) is 0 Å². The van der Waals surface area contributed by atoms with Gasteiger partial charge >= 0.3 is 13.8 Å². The highest BCUT2D eigenvalue weighted by molar-refractivity contribution is 7.47. The van der Waals surface area contributed by atoms with E-state index in [9.17, 15) is 14.3 Å². The van der Waals surface area contributed by atoms with Crippen molar-refractivity contribution in [3.8, 4) is 0 Å². The Morgan fingerprint density at radius 3 is 1.20 bits per heavy atom. The van der Waals surface area contributed by atoms with Gasteiger partial charge in [0.05, 0.1) is 19.8 Å². The Morgan fingerprint density at radius 1 is 0.443 bits per heavy atom. The maximum atomic E-state index is 12.7. The van der Waals surface area contributed by atoms with Gasteiger partial charge in [0, 0.05) is 19.6 Å². The molecule has 0 amide bonds. The maximum Gasteiger partial charge on any atom is 0.472 e. The Balaban J connectivity index is 3.98. The summed E-state index contributed by atoms with van der Waals surface area (Å²) in [5.41, 5.74) is 5.40. The molecule has 0 aromatic rings. The molecule has 0 spiro atoms. The number of allylic oxidation sites excluding steroid dienone is 18. The van der Waals surface area contributed by atoms with Crippen LogP contribution in [0.2, 0.25) is 0 Å². The number of nitrogens with two attached hydrogens (primary N) is 1. The van der Waals surface area contributed by atoms with Crippen LogP contribution < -0.4 is 5.73 Å². The van der Waals surface area contributed by atoms with Gasteiger partial charge in [0.2, 0.25) is 0 Å². The van der Waals surface area contributed by atoms with Gasteiger partial charge in [-0.1, -0.05) is 232 Å². The standard InChI is InChI=1S/C61H106NO7P/c1-3-5-7-9-11-13-15-17-19-21-23-25-27-29-31-33-35-37-39-41-43-45-47-49-51-53-56-66-58-60(59-68-70(64,65)67-57-55-62)69-61(63)54-52-50-48-46-44-42-40-38-36-34-32-30-28-26-24-22-20-18-16-14-12-10-8-6-4-2/h6,8,12,14-15,17-18,20-21,23-24,26-27,29-30,32,36,38,60H,3-5,7,9-11,13,16,19,22,25,28,31,33-35,37,39-59,62H2,1-2H3,(H,64,65)/b8-6-,14-12-,17-15-,20-18-,23-21-,26-24-,29-27-,32-30-,38-36-. The lowest BCUT2D eigenvalue weighted by molar-refractivity contribution is -0.154. The van der Waals surface area contributed by atoms with E-state index in [1.54, 1.807) is 0 Å². The average Bonchev–Trinajstić information content (AvgIpc) is 3.35. The van der Waals surface area contributed by atoms with Crippen molar-refractivity contribution in [2.45, 2.75) is 238 Å². The Kier molecular flexibility index (Phi) is 54.8. The lowest BCUT2D eigenvalue weighted by atomic mass is 10.1.